The molecule has 0 fully saturated rings. The molecule has 1 aromatic rings. The van der Waals surface area contributed by atoms with E-state index < -0.39 is 18.2 Å². The lowest BCUT2D eigenvalue weighted by Crippen LogP contribution is -2.29. The highest BCUT2D eigenvalue weighted by atomic mass is 16.5. The number of carbonyl (C=O) groups excluding carboxylic acids is 1. The Morgan fingerprint density at radius 2 is 2.00 bits per heavy atom. The van der Waals surface area contributed by atoms with E-state index in [0.717, 1.165) is 5.56 Å². The number of aryl methyl sites for hydroxylation is 1. The first-order chi connectivity index (χ1) is 7.95. The molecule has 94 valence electrons. The molecule has 1 aromatic carbocycles. The van der Waals surface area contributed by atoms with Crippen LogP contribution in [0.5, 0.6) is 5.75 Å². The summed E-state index contributed by atoms with van der Waals surface area (Å²) in [5, 5.41) is 28.7. The molecule has 0 saturated carbocycles. The van der Waals surface area contributed by atoms with Gasteiger partial charge in [-0.05, 0) is 37.1 Å². The highest BCUT2D eigenvalue weighted by Crippen LogP contribution is 2.23. The number of aliphatic hydroxyl groups is 2. The summed E-state index contributed by atoms with van der Waals surface area (Å²) in [6.45, 7) is 3.46. The number of esters is 1. The van der Waals surface area contributed by atoms with Crippen LogP contribution in [0.1, 0.15) is 24.2 Å². The van der Waals surface area contributed by atoms with Crippen LogP contribution in [0.4, 0.5) is 0 Å². The number of aliphatic hydroxyl groups excluding tert-OH is 2. The summed E-state index contributed by atoms with van der Waals surface area (Å²) in [7, 11) is 0. The Kier molecular flexibility index (Phi) is 4.48. The van der Waals surface area contributed by atoms with Gasteiger partial charge in [0.2, 0.25) is 0 Å². The number of rotatable bonds is 4. The molecule has 0 aliphatic rings. The van der Waals surface area contributed by atoms with Crippen LogP contribution >= 0.6 is 0 Å². The monoisotopic (exact) mass is 240 g/mol. The molecule has 0 amide bonds. The molecular formula is C12H16O5. The number of phenols is 1. The van der Waals surface area contributed by atoms with Crippen molar-refractivity contribution in [3.8, 4) is 5.75 Å². The number of aromatic hydroxyl groups is 1. The van der Waals surface area contributed by atoms with Crippen LogP contribution in [0.3, 0.4) is 0 Å². The van der Waals surface area contributed by atoms with E-state index in [1.54, 1.807) is 19.9 Å². The van der Waals surface area contributed by atoms with Crippen molar-refractivity contribution in [1.82, 2.24) is 0 Å². The summed E-state index contributed by atoms with van der Waals surface area (Å²) in [4.78, 5) is 11.2. The minimum absolute atomic E-state index is 0.0323. The summed E-state index contributed by atoms with van der Waals surface area (Å²) in [6, 6.07) is 4.37. The molecule has 0 aliphatic heterocycles. The number of ether oxygens (including phenoxy) is 1. The third-order valence-electron chi connectivity index (χ3n) is 2.25. The fraction of sp³-hybridized carbons (Fsp3) is 0.417. The topological polar surface area (TPSA) is 87.0 Å². The molecule has 0 aromatic heterocycles. The average molecular weight is 240 g/mol. The largest absolute Gasteiger partial charge is 0.508 e. The van der Waals surface area contributed by atoms with Crippen LogP contribution < -0.4 is 0 Å². The van der Waals surface area contributed by atoms with Crippen LogP contribution in [0.2, 0.25) is 0 Å². The van der Waals surface area contributed by atoms with Gasteiger partial charge in [-0.15, -0.1) is 0 Å². The van der Waals surface area contributed by atoms with Crippen molar-refractivity contribution in [3.05, 3.63) is 29.3 Å². The maximum Gasteiger partial charge on any atom is 0.338 e. The van der Waals surface area contributed by atoms with Crippen molar-refractivity contribution in [3.63, 3.8) is 0 Å². The van der Waals surface area contributed by atoms with Crippen LogP contribution in [0.15, 0.2) is 18.2 Å². The summed E-state index contributed by atoms with van der Waals surface area (Å²) >= 11 is 0. The second-order valence-electron chi connectivity index (χ2n) is 3.74. The first kappa shape index (κ1) is 13.5. The van der Waals surface area contributed by atoms with E-state index in [1.807, 2.05) is 0 Å². The van der Waals surface area contributed by atoms with Crippen LogP contribution in [0, 0.1) is 6.92 Å². The van der Waals surface area contributed by atoms with Gasteiger partial charge in [0.15, 0.2) is 6.10 Å². The molecule has 0 bridgehead atoms. The Morgan fingerprint density at radius 3 is 2.53 bits per heavy atom. The Labute approximate surface area is 99.3 Å². The zero-order valence-corrected chi connectivity index (χ0v) is 9.75. The van der Waals surface area contributed by atoms with Gasteiger partial charge in [0, 0.05) is 0 Å². The van der Waals surface area contributed by atoms with Gasteiger partial charge in [-0.3, -0.25) is 0 Å². The van der Waals surface area contributed by atoms with Gasteiger partial charge >= 0.3 is 5.97 Å². The zero-order valence-electron chi connectivity index (χ0n) is 9.75. The van der Waals surface area contributed by atoms with Crippen LogP contribution in [-0.2, 0) is 9.53 Å². The van der Waals surface area contributed by atoms with Crippen LogP contribution in [-0.4, -0.2) is 34.0 Å². The lowest BCUT2D eigenvalue weighted by atomic mass is 10.0. The van der Waals surface area contributed by atoms with Crippen molar-refractivity contribution >= 4 is 5.97 Å². The highest BCUT2D eigenvalue weighted by Gasteiger charge is 2.27. The first-order valence-electron chi connectivity index (χ1n) is 5.29. The normalized spacial score (nSPS) is 14.1. The van der Waals surface area contributed by atoms with E-state index >= 15 is 0 Å². The van der Waals surface area contributed by atoms with Gasteiger partial charge in [0.25, 0.3) is 0 Å². The lowest BCUT2D eigenvalue weighted by Gasteiger charge is -2.17. The fourth-order valence-electron chi connectivity index (χ4n) is 1.50. The molecule has 3 N–H and O–H groups in total. The van der Waals surface area contributed by atoms with Gasteiger partial charge in [0.1, 0.15) is 11.9 Å². The molecule has 5 nitrogen and oxygen atoms in total. The Hall–Kier alpha value is -1.59. The van der Waals surface area contributed by atoms with Gasteiger partial charge in [-0.25, -0.2) is 4.79 Å². The number of hydrogen-bond acceptors (Lipinski definition) is 5. The van der Waals surface area contributed by atoms with Crippen molar-refractivity contribution in [2.24, 2.45) is 0 Å². The van der Waals surface area contributed by atoms with Gasteiger partial charge in [-0.1, -0.05) is 6.07 Å². The third kappa shape index (κ3) is 3.44. The first-order valence-corrected chi connectivity index (χ1v) is 5.29. The third-order valence-corrected chi connectivity index (χ3v) is 2.25. The molecule has 17 heavy (non-hydrogen) atoms. The molecule has 2 atom stereocenters. The van der Waals surface area contributed by atoms with E-state index in [0.29, 0.717) is 0 Å². The Balaban J connectivity index is 2.87. The van der Waals surface area contributed by atoms with E-state index in [-0.39, 0.29) is 17.9 Å². The highest BCUT2D eigenvalue weighted by molar-refractivity contribution is 5.75. The zero-order chi connectivity index (χ0) is 13.0. The Bertz CT molecular complexity index is 382. The van der Waals surface area contributed by atoms with Crippen molar-refractivity contribution in [2.45, 2.75) is 26.1 Å². The lowest BCUT2D eigenvalue weighted by molar-refractivity contribution is -0.159. The second-order valence-corrected chi connectivity index (χ2v) is 3.74. The molecule has 2 unspecified atom stereocenters. The molecule has 0 spiro atoms. The summed E-state index contributed by atoms with van der Waals surface area (Å²) in [5.41, 5.74) is 0.984. The van der Waals surface area contributed by atoms with Crippen molar-refractivity contribution in [2.75, 3.05) is 6.61 Å². The predicted molar refractivity (Wildman–Crippen MR) is 60.4 cm³/mol. The standard InChI is InChI=1S/C12H16O5/c1-3-17-12(16)11(15)10(14)8-4-7(2)5-9(13)6-8/h4-6,10-11,13-15H,3H2,1-2H3. The molecule has 0 aliphatic carbocycles. The summed E-state index contributed by atoms with van der Waals surface area (Å²) in [6.07, 6.45) is -3.07. The van der Waals surface area contributed by atoms with Gasteiger partial charge in [-0.2, -0.15) is 0 Å². The van der Waals surface area contributed by atoms with E-state index in [2.05, 4.69) is 4.74 Å². The number of benzene rings is 1. The van der Waals surface area contributed by atoms with Crippen molar-refractivity contribution in [1.29, 1.82) is 0 Å². The van der Waals surface area contributed by atoms with E-state index in [9.17, 15) is 20.1 Å². The van der Waals surface area contributed by atoms with Gasteiger partial charge < -0.3 is 20.1 Å². The quantitative estimate of drug-likeness (QED) is 0.673. The van der Waals surface area contributed by atoms with Crippen LogP contribution in [0.25, 0.3) is 0 Å². The smallest absolute Gasteiger partial charge is 0.338 e. The summed E-state index contributed by atoms with van der Waals surface area (Å²) in [5.74, 6) is -0.920. The fourth-order valence-corrected chi connectivity index (χ4v) is 1.50. The maximum absolute atomic E-state index is 11.2. The van der Waals surface area contributed by atoms with Gasteiger partial charge in [0.05, 0.1) is 6.61 Å². The molecule has 0 heterocycles. The van der Waals surface area contributed by atoms with Crippen molar-refractivity contribution < 1.29 is 24.9 Å². The summed E-state index contributed by atoms with van der Waals surface area (Å²) < 4.78 is 4.60. The SMILES string of the molecule is CCOC(=O)C(O)C(O)c1cc(C)cc(O)c1. The number of hydrogen-bond donors (Lipinski definition) is 3. The number of phenolic OH excluding ortho intramolecular Hbond substituents is 1. The Morgan fingerprint density at radius 1 is 1.35 bits per heavy atom. The minimum Gasteiger partial charge on any atom is -0.508 e. The molecule has 5 heteroatoms. The van der Waals surface area contributed by atoms with E-state index in [1.165, 1.54) is 12.1 Å². The maximum atomic E-state index is 11.2. The molecule has 0 saturated heterocycles. The molecular weight excluding hydrogens is 224 g/mol. The molecule has 0 radical (unpaired) electrons. The molecule has 1 rings (SSSR count). The number of carbonyl (C=O) groups is 1. The predicted octanol–water partition coefficient (Wildman–Crippen LogP) is 0.658. The second kappa shape index (κ2) is 5.65. The minimum atomic E-state index is -1.66. The van der Waals surface area contributed by atoms with E-state index in [4.69, 9.17) is 0 Å². The average Bonchev–Trinajstić information content (AvgIpc) is 2.26.